The minimum Gasteiger partial charge on any atom is -0.497 e. The van der Waals surface area contributed by atoms with E-state index in [2.05, 4.69) is 11.8 Å². The molecule has 0 spiro atoms. The molecule has 2 aliphatic rings. The van der Waals surface area contributed by atoms with Crippen LogP contribution in [0.5, 0.6) is 5.75 Å². The molecule has 2 aromatic rings. The Bertz CT molecular complexity index is 1060. The standard InChI is InChI=1S/C25H26N2O5/c1-31-16-24(30)26-13-21-25(22(15-28)27(21)23(29)14-26)19-10-8-17(9-11-19)6-7-18-4-3-5-20(12-18)32-2/h3-5,8-12,21-22,25,28H,13-16H2,1-2H3/t21-,22+,25-/m0/s1. The number of carbonyl (C=O) groups is 2. The van der Waals surface area contributed by atoms with Crippen molar-refractivity contribution in [3.05, 3.63) is 65.2 Å². The summed E-state index contributed by atoms with van der Waals surface area (Å²) < 4.78 is 10.2. The Morgan fingerprint density at radius 3 is 2.56 bits per heavy atom. The lowest BCUT2D eigenvalue weighted by Gasteiger charge is -2.58. The number of rotatable bonds is 5. The summed E-state index contributed by atoms with van der Waals surface area (Å²) in [5.41, 5.74) is 2.75. The number of benzene rings is 2. The lowest BCUT2D eigenvalue weighted by Crippen LogP contribution is -2.73. The molecule has 0 aliphatic carbocycles. The fourth-order valence-electron chi connectivity index (χ4n) is 4.54. The molecule has 2 aliphatic heterocycles. The summed E-state index contributed by atoms with van der Waals surface area (Å²) in [7, 11) is 3.09. The minimum atomic E-state index is -0.277. The van der Waals surface area contributed by atoms with Crippen LogP contribution < -0.4 is 4.74 Å². The van der Waals surface area contributed by atoms with Gasteiger partial charge in [0.2, 0.25) is 11.8 Å². The quantitative estimate of drug-likeness (QED) is 0.717. The van der Waals surface area contributed by atoms with Gasteiger partial charge >= 0.3 is 0 Å². The van der Waals surface area contributed by atoms with Crippen molar-refractivity contribution in [2.24, 2.45) is 0 Å². The van der Waals surface area contributed by atoms with E-state index in [4.69, 9.17) is 9.47 Å². The van der Waals surface area contributed by atoms with Gasteiger partial charge in [0.05, 0.1) is 32.3 Å². The molecule has 0 bridgehead atoms. The second kappa shape index (κ2) is 9.43. The van der Waals surface area contributed by atoms with E-state index < -0.39 is 0 Å². The van der Waals surface area contributed by atoms with Gasteiger partial charge in [-0.05, 0) is 35.9 Å². The maximum absolute atomic E-state index is 12.6. The summed E-state index contributed by atoms with van der Waals surface area (Å²) >= 11 is 0. The van der Waals surface area contributed by atoms with Gasteiger partial charge in [-0.15, -0.1) is 0 Å². The maximum Gasteiger partial charge on any atom is 0.249 e. The van der Waals surface area contributed by atoms with Gasteiger partial charge in [-0.1, -0.05) is 30.0 Å². The molecule has 1 N–H and O–H groups in total. The molecule has 2 saturated heterocycles. The number of carbonyl (C=O) groups excluding carboxylic acids is 2. The van der Waals surface area contributed by atoms with E-state index >= 15 is 0 Å². The largest absolute Gasteiger partial charge is 0.497 e. The van der Waals surface area contributed by atoms with Crippen molar-refractivity contribution in [3.63, 3.8) is 0 Å². The number of amides is 2. The molecular formula is C25H26N2O5. The zero-order valence-electron chi connectivity index (χ0n) is 18.2. The first-order chi connectivity index (χ1) is 15.5. The topological polar surface area (TPSA) is 79.3 Å². The van der Waals surface area contributed by atoms with E-state index in [1.165, 1.54) is 7.11 Å². The fourth-order valence-corrected chi connectivity index (χ4v) is 4.54. The van der Waals surface area contributed by atoms with Crippen molar-refractivity contribution in [1.82, 2.24) is 9.80 Å². The van der Waals surface area contributed by atoms with E-state index in [0.717, 1.165) is 22.4 Å². The van der Waals surface area contributed by atoms with Crippen LogP contribution in [0.3, 0.4) is 0 Å². The van der Waals surface area contributed by atoms with E-state index in [1.807, 2.05) is 48.5 Å². The van der Waals surface area contributed by atoms with Crippen molar-refractivity contribution in [2.45, 2.75) is 18.0 Å². The van der Waals surface area contributed by atoms with Gasteiger partial charge < -0.3 is 24.4 Å². The molecule has 0 saturated carbocycles. The predicted molar refractivity (Wildman–Crippen MR) is 118 cm³/mol. The maximum atomic E-state index is 12.6. The number of hydrogen-bond donors (Lipinski definition) is 1. The van der Waals surface area contributed by atoms with Gasteiger partial charge in [0, 0.05) is 30.7 Å². The Kier molecular flexibility index (Phi) is 6.45. The second-order valence-corrected chi connectivity index (χ2v) is 7.96. The molecule has 166 valence electrons. The molecule has 0 aromatic heterocycles. The van der Waals surface area contributed by atoms with Crippen LogP contribution in [0.25, 0.3) is 0 Å². The third kappa shape index (κ3) is 4.20. The Balaban J connectivity index is 1.51. The summed E-state index contributed by atoms with van der Waals surface area (Å²) in [5.74, 6) is 6.67. The molecule has 7 heteroatoms. The van der Waals surface area contributed by atoms with Crippen LogP contribution in [0.1, 0.15) is 22.6 Å². The Labute approximate surface area is 187 Å². The van der Waals surface area contributed by atoms with Crippen LogP contribution in [0.2, 0.25) is 0 Å². The monoisotopic (exact) mass is 434 g/mol. The van der Waals surface area contributed by atoms with Crippen LogP contribution in [0.15, 0.2) is 48.5 Å². The average Bonchev–Trinajstić information content (AvgIpc) is 2.80. The zero-order valence-corrected chi connectivity index (χ0v) is 18.2. The molecule has 2 heterocycles. The van der Waals surface area contributed by atoms with Gasteiger partial charge in [0.25, 0.3) is 0 Å². The Hall–Kier alpha value is -3.34. The van der Waals surface area contributed by atoms with Gasteiger partial charge in [0.15, 0.2) is 0 Å². The predicted octanol–water partition coefficient (Wildman–Crippen LogP) is 1.24. The summed E-state index contributed by atoms with van der Waals surface area (Å²) in [5, 5.41) is 9.91. The highest BCUT2D eigenvalue weighted by molar-refractivity contribution is 5.88. The first-order valence-electron chi connectivity index (χ1n) is 10.5. The molecule has 2 amide bonds. The van der Waals surface area contributed by atoms with Gasteiger partial charge in [-0.3, -0.25) is 9.59 Å². The first kappa shape index (κ1) is 21.9. The third-order valence-electron chi connectivity index (χ3n) is 6.09. The van der Waals surface area contributed by atoms with E-state index in [0.29, 0.717) is 6.54 Å². The molecular weight excluding hydrogens is 408 g/mol. The number of fused-ring (bicyclic) bond motifs is 1. The number of aliphatic hydroxyl groups excluding tert-OH is 1. The second-order valence-electron chi connectivity index (χ2n) is 7.96. The van der Waals surface area contributed by atoms with Crippen LogP contribution in [0.4, 0.5) is 0 Å². The van der Waals surface area contributed by atoms with Crippen LogP contribution >= 0.6 is 0 Å². The molecule has 32 heavy (non-hydrogen) atoms. The molecule has 7 nitrogen and oxygen atoms in total. The summed E-state index contributed by atoms with van der Waals surface area (Å²) in [6.45, 7) is 0.304. The normalized spacial score (nSPS) is 21.8. The highest BCUT2D eigenvalue weighted by Gasteiger charge is 2.54. The average molecular weight is 434 g/mol. The zero-order chi connectivity index (χ0) is 22.7. The van der Waals surface area contributed by atoms with E-state index in [9.17, 15) is 14.7 Å². The lowest BCUT2D eigenvalue weighted by molar-refractivity contribution is -0.168. The summed E-state index contributed by atoms with van der Waals surface area (Å²) in [6.07, 6.45) is 0. The van der Waals surface area contributed by atoms with Crippen molar-refractivity contribution < 1.29 is 24.2 Å². The highest BCUT2D eigenvalue weighted by Crippen LogP contribution is 2.42. The number of piperazine rings is 1. The van der Waals surface area contributed by atoms with Gasteiger partial charge in [-0.2, -0.15) is 0 Å². The smallest absolute Gasteiger partial charge is 0.249 e. The van der Waals surface area contributed by atoms with E-state index in [-0.39, 0.29) is 49.6 Å². The summed E-state index contributed by atoms with van der Waals surface area (Å²) in [6, 6.07) is 15.0. The Morgan fingerprint density at radius 1 is 1.12 bits per heavy atom. The van der Waals surface area contributed by atoms with Crippen LogP contribution in [0, 0.1) is 11.8 Å². The molecule has 0 unspecified atom stereocenters. The molecule has 2 aromatic carbocycles. The number of methoxy groups -OCH3 is 2. The van der Waals surface area contributed by atoms with Crippen LogP contribution in [-0.4, -0.2) is 79.3 Å². The molecule has 4 rings (SSSR count). The molecule has 3 atom stereocenters. The SMILES string of the molecule is COCC(=O)N1CC(=O)N2[C@H](CO)[C@@H](c3ccc(C#Cc4cccc(OC)c4)cc3)[C@@H]2C1. The van der Waals surface area contributed by atoms with Crippen molar-refractivity contribution in [2.75, 3.05) is 40.5 Å². The van der Waals surface area contributed by atoms with E-state index in [1.54, 1.807) is 16.9 Å². The lowest BCUT2D eigenvalue weighted by atomic mass is 9.73. The Morgan fingerprint density at radius 2 is 1.88 bits per heavy atom. The fraction of sp³-hybridized carbons (Fsp3) is 0.360. The summed E-state index contributed by atoms with van der Waals surface area (Å²) in [4.78, 5) is 28.1. The van der Waals surface area contributed by atoms with Gasteiger partial charge in [0.1, 0.15) is 12.4 Å². The number of aliphatic hydroxyl groups is 1. The molecule has 2 fully saturated rings. The highest BCUT2D eigenvalue weighted by atomic mass is 16.5. The van der Waals surface area contributed by atoms with Crippen molar-refractivity contribution in [1.29, 1.82) is 0 Å². The number of nitrogens with zero attached hydrogens (tertiary/aromatic N) is 2. The van der Waals surface area contributed by atoms with Crippen LogP contribution in [-0.2, 0) is 14.3 Å². The first-order valence-corrected chi connectivity index (χ1v) is 10.5. The van der Waals surface area contributed by atoms with Gasteiger partial charge in [-0.25, -0.2) is 0 Å². The number of ether oxygens (including phenoxy) is 2. The van der Waals surface area contributed by atoms with Crippen molar-refractivity contribution in [3.8, 4) is 17.6 Å². The van der Waals surface area contributed by atoms with Crippen molar-refractivity contribution >= 4 is 11.8 Å². The minimum absolute atomic E-state index is 0.0285. The molecule has 0 radical (unpaired) electrons. The number of hydrogen-bond acceptors (Lipinski definition) is 5. The third-order valence-corrected chi connectivity index (χ3v) is 6.09.